The Kier molecular flexibility index (Phi) is 10.3. The molecular formula is C32H41N3O7S. The summed E-state index contributed by atoms with van der Waals surface area (Å²) in [4.78, 5) is 15.8. The second kappa shape index (κ2) is 13.9. The number of carbonyl (C=O) groups is 1. The topological polar surface area (TPSA) is 107 Å². The molecule has 11 heteroatoms. The van der Waals surface area contributed by atoms with E-state index in [-0.39, 0.29) is 28.1 Å². The van der Waals surface area contributed by atoms with Crippen LogP contribution in [0.25, 0.3) is 0 Å². The molecule has 1 amide bonds. The van der Waals surface area contributed by atoms with Gasteiger partial charge in [-0.05, 0) is 67.6 Å². The second-order valence-corrected chi connectivity index (χ2v) is 12.5. The molecule has 1 fully saturated rings. The van der Waals surface area contributed by atoms with E-state index in [1.165, 1.54) is 65.5 Å². The van der Waals surface area contributed by atoms with Crippen LogP contribution < -0.4 is 33.5 Å². The van der Waals surface area contributed by atoms with Crippen LogP contribution in [0.3, 0.4) is 0 Å². The van der Waals surface area contributed by atoms with Crippen LogP contribution >= 0.6 is 0 Å². The predicted molar refractivity (Wildman–Crippen MR) is 167 cm³/mol. The molecule has 10 nitrogen and oxygen atoms in total. The summed E-state index contributed by atoms with van der Waals surface area (Å²) in [5.74, 6) is 1.44. The van der Waals surface area contributed by atoms with E-state index in [0.717, 1.165) is 28.6 Å². The molecule has 3 aromatic rings. The highest BCUT2D eigenvalue weighted by Gasteiger charge is 2.31. The van der Waals surface area contributed by atoms with Gasteiger partial charge in [0.2, 0.25) is 5.91 Å². The normalized spacial score (nSPS) is 15.8. The summed E-state index contributed by atoms with van der Waals surface area (Å²) < 4.78 is 50.7. The van der Waals surface area contributed by atoms with Crippen LogP contribution in [0, 0.1) is 5.92 Å². The molecule has 0 aliphatic carbocycles. The number of piperidine rings is 1. The number of amides is 1. The second-order valence-electron chi connectivity index (χ2n) is 10.6. The van der Waals surface area contributed by atoms with E-state index in [1.807, 2.05) is 19.1 Å². The zero-order valence-electron chi connectivity index (χ0n) is 25.6. The molecule has 1 aliphatic rings. The third-order valence-electron chi connectivity index (χ3n) is 7.68. The first-order valence-electron chi connectivity index (χ1n) is 14.2. The average molecular weight is 612 g/mol. The number of hydrogen-bond donors (Lipinski definition) is 1. The first-order chi connectivity index (χ1) is 20.6. The molecule has 0 radical (unpaired) electrons. The smallest absolute Gasteiger partial charge is 0.265 e. The minimum atomic E-state index is -4.29. The van der Waals surface area contributed by atoms with Gasteiger partial charge in [0.15, 0.2) is 11.5 Å². The number of nitrogens with zero attached hydrogens (tertiary/aromatic N) is 2. The van der Waals surface area contributed by atoms with Gasteiger partial charge in [-0.3, -0.25) is 9.10 Å². The van der Waals surface area contributed by atoms with Crippen molar-refractivity contribution in [2.45, 2.75) is 37.6 Å². The summed E-state index contributed by atoms with van der Waals surface area (Å²) in [6.45, 7) is 5.70. The fourth-order valence-electron chi connectivity index (χ4n) is 5.29. The Morgan fingerprint density at radius 2 is 1.60 bits per heavy atom. The number of rotatable bonds is 12. The van der Waals surface area contributed by atoms with Crippen molar-refractivity contribution in [1.29, 1.82) is 0 Å². The maximum atomic E-state index is 14.1. The van der Waals surface area contributed by atoms with Gasteiger partial charge in [0.1, 0.15) is 18.0 Å². The van der Waals surface area contributed by atoms with E-state index in [9.17, 15) is 13.2 Å². The van der Waals surface area contributed by atoms with Crippen molar-refractivity contribution < 1.29 is 32.2 Å². The maximum Gasteiger partial charge on any atom is 0.265 e. The molecule has 3 aromatic carbocycles. The van der Waals surface area contributed by atoms with E-state index in [0.29, 0.717) is 17.4 Å². The monoisotopic (exact) mass is 611 g/mol. The van der Waals surface area contributed by atoms with Gasteiger partial charge in [-0.2, -0.15) is 0 Å². The zero-order chi connectivity index (χ0) is 31.1. The van der Waals surface area contributed by atoms with Crippen LogP contribution in [-0.4, -0.2) is 62.4 Å². The number of ether oxygens (including phenoxy) is 4. The SMILES string of the molecule is COc1ccc(OC)c(N(CC(=O)NC(C)c2ccc(N3CCCC(C)C3)cc2)S(=O)(=O)c2ccc(OC)c(OC)c2)c1. The van der Waals surface area contributed by atoms with Crippen molar-refractivity contribution in [2.24, 2.45) is 5.92 Å². The molecule has 1 heterocycles. The number of sulfonamides is 1. The number of hydrogen-bond acceptors (Lipinski definition) is 8. The van der Waals surface area contributed by atoms with Gasteiger partial charge < -0.3 is 29.2 Å². The van der Waals surface area contributed by atoms with Crippen molar-refractivity contribution in [3.8, 4) is 23.0 Å². The molecule has 4 rings (SSSR count). The number of carbonyl (C=O) groups excluding carboxylic acids is 1. The molecule has 0 bridgehead atoms. The van der Waals surface area contributed by atoms with Crippen LogP contribution in [0.4, 0.5) is 11.4 Å². The largest absolute Gasteiger partial charge is 0.497 e. The van der Waals surface area contributed by atoms with Crippen molar-refractivity contribution >= 4 is 27.3 Å². The third kappa shape index (κ3) is 7.27. The van der Waals surface area contributed by atoms with Crippen molar-refractivity contribution in [1.82, 2.24) is 5.32 Å². The highest BCUT2D eigenvalue weighted by atomic mass is 32.2. The molecule has 0 saturated carbocycles. The quantitative estimate of drug-likeness (QED) is 0.304. The summed E-state index contributed by atoms with van der Waals surface area (Å²) in [7, 11) is 1.51. The summed E-state index contributed by atoms with van der Waals surface area (Å²) in [5, 5.41) is 2.96. The van der Waals surface area contributed by atoms with Crippen LogP contribution in [0.1, 0.15) is 38.3 Å². The first-order valence-corrected chi connectivity index (χ1v) is 15.7. The van der Waals surface area contributed by atoms with E-state index in [1.54, 1.807) is 12.1 Å². The van der Waals surface area contributed by atoms with E-state index in [2.05, 4.69) is 29.3 Å². The summed E-state index contributed by atoms with van der Waals surface area (Å²) in [5.41, 5.74) is 2.22. The Morgan fingerprint density at radius 1 is 0.930 bits per heavy atom. The molecular weight excluding hydrogens is 570 g/mol. The van der Waals surface area contributed by atoms with Gasteiger partial charge in [-0.15, -0.1) is 0 Å². The molecule has 43 heavy (non-hydrogen) atoms. The highest BCUT2D eigenvalue weighted by molar-refractivity contribution is 7.92. The molecule has 1 saturated heterocycles. The number of benzene rings is 3. The molecule has 2 unspecified atom stereocenters. The Hall–Kier alpha value is -4.12. The average Bonchev–Trinajstić information content (AvgIpc) is 3.02. The van der Waals surface area contributed by atoms with Crippen LogP contribution in [-0.2, 0) is 14.8 Å². The third-order valence-corrected chi connectivity index (χ3v) is 9.43. The van der Waals surface area contributed by atoms with E-state index in [4.69, 9.17) is 18.9 Å². The number of nitrogens with one attached hydrogen (secondary N) is 1. The first kappa shape index (κ1) is 31.8. The lowest BCUT2D eigenvalue weighted by Gasteiger charge is -2.33. The van der Waals surface area contributed by atoms with Crippen LogP contribution in [0.2, 0.25) is 0 Å². The lowest BCUT2D eigenvalue weighted by atomic mass is 9.99. The lowest BCUT2D eigenvalue weighted by Crippen LogP contribution is -2.41. The Labute approximate surface area is 254 Å². The Morgan fingerprint density at radius 3 is 2.23 bits per heavy atom. The standard InChI is InChI=1S/C32H41N3O7S/c1-22-8-7-17-34(20-22)25-11-9-24(10-12-25)23(2)33-32(36)21-35(28-18-26(39-3)13-15-29(28)40-4)43(37,38)27-14-16-30(41-5)31(19-27)42-6/h9-16,18-19,22-23H,7-8,17,20-21H2,1-6H3,(H,33,36). The van der Waals surface area contributed by atoms with E-state index >= 15 is 0 Å². The Bertz CT molecular complexity index is 1510. The van der Waals surface area contributed by atoms with Gasteiger partial charge in [-0.1, -0.05) is 19.1 Å². The zero-order valence-corrected chi connectivity index (χ0v) is 26.4. The van der Waals surface area contributed by atoms with Crippen LogP contribution in [0.5, 0.6) is 23.0 Å². The van der Waals surface area contributed by atoms with Crippen molar-refractivity contribution in [3.63, 3.8) is 0 Å². The fraction of sp³-hybridized carbons (Fsp3) is 0.406. The molecule has 1 N–H and O–H groups in total. The predicted octanol–water partition coefficient (Wildman–Crippen LogP) is 5.03. The maximum absolute atomic E-state index is 14.1. The Balaban J connectivity index is 1.61. The van der Waals surface area contributed by atoms with E-state index < -0.39 is 22.5 Å². The number of methoxy groups -OCH3 is 4. The van der Waals surface area contributed by atoms with Gasteiger partial charge in [-0.25, -0.2) is 8.42 Å². The molecule has 1 aliphatic heterocycles. The summed E-state index contributed by atoms with van der Waals surface area (Å²) in [6, 6.07) is 16.8. The van der Waals surface area contributed by atoms with Gasteiger partial charge >= 0.3 is 0 Å². The van der Waals surface area contributed by atoms with Crippen LogP contribution in [0.15, 0.2) is 65.6 Å². The van der Waals surface area contributed by atoms with Gasteiger partial charge in [0.05, 0.1) is 45.1 Å². The molecule has 0 aromatic heterocycles. The van der Waals surface area contributed by atoms with Crippen molar-refractivity contribution in [3.05, 3.63) is 66.2 Å². The van der Waals surface area contributed by atoms with Gasteiger partial charge in [0.25, 0.3) is 10.0 Å². The van der Waals surface area contributed by atoms with Gasteiger partial charge in [0, 0.05) is 30.9 Å². The lowest BCUT2D eigenvalue weighted by molar-refractivity contribution is -0.120. The number of anilines is 2. The summed E-state index contributed by atoms with van der Waals surface area (Å²) >= 11 is 0. The highest BCUT2D eigenvalue weighted by Crippen LogP contribution is 2.37. The minimum absolute atomic E-state index is 0.0847. The molecule has 2 atom stereocenters. The minimum Gasteiger partial charge on any atom is -0.497 e. The molecule has 0 spiro atoms. The summed E-state index contributed by atoms with van der Waals surface area (Å²) in [6.07, 6.45) is 2.42. The molecule has 232 valence electrons. The van der Waals surface area contributed by atoms with Crippen molar-refractivity contribution in [2.75, 3.05) is 57.3 Å². The fourth-order valence-corrected chi connectivity index (χ4v) is 6.73.